The van der Waals surface area contributed by atoms with Gasteiger partial charge in [0.15, 0.2) is 11.6 Å². The first-order valence-electron chi connectivity index (χ1n) is 9.01. The number of rotatable bonds is 5. The van der Waals surface area contributed by atoms with Crippen LogP contribution in [-0.4, -0.2) is 48.8 Å². The number of nitrogens with one attached hydrogen (secondary N) is 1. The topological polar surface area (TPSA) is 113 Å². The number of hydrogen-bond acceptors (Lipinski definition) is 5. The van der Waals surface area contributed by atoms with Crippen molar-refractivity contribution in [1.82, 2.24) is 9.03 Å². The molecule has 1 aromatic rings. The number of carbonyl (C=O) groups is 2. The molecule has 0 aromatic heterocycles. The van der Waals surface area contributed by atoms with Gasteiger partial charge in [-0.25, -0.2) is 13.9 Å². The highest BCUT2D eigenvalue weighted by Crippen LogP contribution is 2.39. The number of carboxylic acids is 1. The van der Waals surface area contributed by atoms with Gasteiger partial charge in [-0.15, -0.1) is 0 Å². The second kappa shape index (κ2) is 6.26. The lowest BCUT2D eigenvalue weighted by Crippen LogP contribution is -2.45. The third kappa shape index (κ3) is 2.95. The fourth-order valence-electron chi connectivity index (χ4n) is 3.48. The van der Waals surface area contributed by atoms with Crippen LogP contribution in [0.15, 0.2) is 12.1 Å². The number of nitrogens with zero attached hydrogens (tertiary/aromatic N) is 1. The van der Waals surface area contributed by atoms with Crippen LogP contribution in [-0.2, 0) is 10.2 Å². The van der Waals surface area contributed by atoms with Gasteiger partial charge in [0, 0.05) is 12.1 Å². The number of carbonyl (C=O) groups excluding carboxylic acids is 1. The van der Waals surface area contributed by atoms with Crippen molar-refractivity contribution in [3.8, 4) is 5.75 Å². The Morgan fingerprint density at radius 1 is 1.28 bits per heavy atom. The van der Waals surface area contributed by atoms with Crippen LogP contribution in [0.2, 0.25) is 0 Å². The van der Waals surface area contributed by atoms with E-state index in [1.165, 1.54) is 4.31 Å². The molecule has 2 bridgehead atoms. The first-order chi connectivity index (χ1) is 12.9. The van der Waals surface area contributed by atoms with Crippen LogP contribution in [0.3, 0.4) is 0 Å². The van der Waals surface area contributed by atoms with Gasteiger partial charge in [0.1, 0.15) is 0 Å². The highest BCUT2D eigenvalue weighted by Gasteiger charge is 2.46. The number of aromatic carboxylic acids is 1. The molecule has 1 amide bonds. The summed E-state index contributed by atoms with van der Waals surface area (Å²) in [6.07, 6.45) is 2.70. The minimum Gasteiger partial charge on any atom is -0.493 e. The maximum Gasteiger partial charge on any atom is 0.338 e. The van der Waals surface area contributed by atoms with Crippen LogP contribution >= 0.6 is 0 Å². The lowest BCUT2D eigenvalue weighted by atomic mass is 10.0. The van der Waals surface area contributed by atoms with E-state index in [0.29, 0.717) is 25.7 Å². The quantitative estimate of drug-likeness (QED) is 0.798. The SMILES string of the molecule is [2H]C([2H])([2H])Oc1c(C(=O)NS(=O)(=O)N2C3CCC2CC3)ccc(C(=O)O)c1F. The van der Waals surface area contributed by atoms with Crippen molar-refractivity contribution in [3.05, 3.63) is 29.1 Å². The molecule has 0 atom stereocenters. The van der Waals surface area contributed by atoms with Gasteiger partial charge >= 0.3 is 16.2 Å². The molecule has 0 spiro atoms. The summed E-state index contributed by atoms with van der Waals surface area (Å²) in [5.41, 5.74) is -1.66. The van der Waals surface area contributed by atoms with E-state index in [-0.39, 0.29) is 12.1 Å². The summed E-state index contributed by atoms with van der Waals surface area (Å²) in [6.45, 7) is 0. The smallest absolute Gasteiger partial charge is 0.338 e. The predicted octanol–water partition coefficient (Wildman–Crippen LogP) is 1.13. The predicted molar refractivity (Wildman–Crippen MR) is 84.2 cm³/mol. The molecule has 0 saturated carbocycles. The largest absolute Gasteiger partial charge is 0.493 e. The lowest BCUT2D eigenvalue weighted by molar-refractivity contribution is 0.0690. The minimum absolute atomic E-state index is 0.223. The summed E-state index contributed by atoms with van der Waals surface area (Å²) in [4.78, 5) is 23.6. The van der Waals surface area contributed by atoms with Crippen LogP contribution in [0.25, 0.3) is 0 Å². The van der Waals surface area contributed by atoms with E-state index in [9.17, 15) is 22.4 Å². The summed E-state index contributed by atoms with van der Waals surface area (Å²) >= 11 is 0. The number of fused-ring (bicyclic) bond motifs is 2. The minimum atomic E-state index is -4.24. The van der Waals surface area contributed by atoms with E-state index in [1.807, 2.05) is 0 Å². The Morgan fingerprint density at radius 3 is 2.36 bits per heavy atom. The molecule has 3 rings (SSSR count). The standard InChI is InChI=1S/C15H17FN2O6S/c1-24-13-11(7-6-10(12(13)16)15(20)21)14(19)17-25(22,23)18-8-2-3-9(18)5-4-8/h6-9H,2-5H2,1H3,(H,17,19)(H,20,21)/i1D3. The second-order valence-electron chi connectivity index (χ2n) is 5.94. The molecular weight excluding hydrogens is 355 g/mol. The Labute approximate surface area is 148 Å². The van der Waals surface area contributed by atoms with E-state index in [1.54, 1.807) is 4.72 Å². The van der Waals surface area contributed by atoms with Crippen molar-refractivity contribution in [2.45, 2.75) is 37.8 Å². The Hall–Kier alpha value is -2.20. The second-order valence-corrected chi connectivity index (χ2v) is 7.52. The average Bonchev–Trinajstić information content (AvgIpc) is 3.15. The molecule has 0 unspecified atom stereocenters. The van der Waals surface area contributed by atoms with E-state index < -0.39 is 51.8 Å². The van der Waals surface area contributed by atoms with Crippen LogP contribution in [0.5, 0.6) is 5.75 Å². The molecule has 0 radical (unpaired) electrons. The monoisotopic (exact) mass is 375 g/mol. The van der Waals surface area contributed by atoms with Crippen LogP contribution < -0.4 is 9.46 Å². The summed E-state index contributed by atoms with van der Waals surface area (Å²) in [5.74, 6) is -5.77. The molecule has 8 nitrogen and oxygen atoms in total. The number of carboxylic acid groups (broad SMARTS) is 1. The van der Waals surface area contributed by atoms with Crippen molar-refractivity contribution < 1.29 is 36.4 Å². The van der Waals surface area contributed by atoms with Crippen LogP contribution in [0.1, 0.15) is 50.5 Å². The number of amides is 1. The summed E-state index contributed by atoms with van der Waals surface area (Å²) in [5, 5.41) is 8.97. The molecule has 25 heavy (non-hydrogen) atoms. The summed E-state index contributed by atoms with van der Waals surface area (Å²) < 4.78 is 68.4. The van der Waals surface area contributed by atoms with Crippen molar-refractivity contribution in [2.24, 2.45) is 0 Å². The normalized spacial score (nSPS) is 25.1. The zero-order valence-electron chi connectivity index (χ0n) is 15.9. The molecule has 10 heteroatoms. The highest BCUT2D eigenvalue weighted by atomic mass is 32.2. The number of benzene rings is 1. The zero-order chi connectivity index (χ0) is 20.9. The third-order valence-corrected chi connectivity index (χ3v) is 6.15. The molecular formula is C15H17FN2O6S. The molecule has 2 saturated heterocycles. The fraction of sp³-hybridized carbons (Fsp3) is 0.467. The van der Waals surface area contributed by atoms with Gasteiger partial charge < -0.3 is 9.84 Å². The molecule has 0 aliphatic carbocycles. The van der Waals surface area contributed by atoms with E-state index in [2.05, 4.69) is 4.74 Å². The maximum atomic E-state index is 14.4. The third-order valence-electron chi connectivity index (χ3n) is 4.56. The van der Waals surface area contributed by atoms with E-state index >= 15 is 0 Å². The number of methoxy groups -OCH3 is 1. The van der Waals surface area contributed by atoms with Gasteiger partial charge in [0.05, 0.1) is 22.3 Å². The van der Waals surface area contributed by atoms with Gasteiger partial charge in [-0.05, 0) is 37.8 Å². The summed E-state index contributed by atoms with van der Waals surface area (Å²) in [7, 11) is -7.44. The Bertz CT molecular complexity index is 916. The molecule has 2 aliphatic rings. The van der Waals surface area contributed by atoms with Gasteiger partial charge in [0.25, 0.3) is 5.91 Å². The first-order valence-corrected chi connectivity index (χ1v) is 8.95. The summed E-state index contributed by atoms with van der Waals surface area (Å²) in [6, 6.07) is 1.08. The van der Waals surface area contributed by atoms with Crippen molar-refractivity contribution >= 4 is 22.1 Å². The molecule has 2 heterocycles. The number of halogens is 1. The maximum absolute atomic E-state index is 14.4. The lowest BCUT2D eigenvalue weighted by Gasteiger charge is -2.21. The molecule has 1 aromatic carbocycles. The number of ether oxygens (including phenoxy) is 1. The van der Waals surface area contributed by atoms with Gasteiger partial charge in [0.2, 0.25) is 0 Å². The van der Waals surface area contributed by atoms with Gasteiger partial charge in [-0.1, -0.05) is 0 Å². The van der Waals surface area contributed by atoms with Gasteiger partial charge in [-0.2, -0.15) is 12.7 Å². The van der Waals surface area contributed by atoms with Crippen LogP contribution in [0.4, 0.5) is 4.39 Å². The molecule has 136 valence electrons. The number of hydrogen-bond donors (Lipinski definition) is 2. The Balaban J connectivity index is 1.95. The van der Waals surface area contributed by atoms with Crippen LogP contribution in [0, 0.1) is 5.82 Å². The van der Waals surface area contributed by atoms with E-state index in [0.717, 1.165) is 12.1 Å². The first kappa shape index (κ1) is 14.0. The van der Waals surface area contributed by atoms with E-state index in [4.69, 9.17) is 9.22 Å². The van der Waals surface area contributed by atoms with Crippen molar-refractivity contribution in [2.75, 3.05) is 7.04 Å². The highest BCUT2D eigenvalue weighted by molar-refractivity contribution is 7.87. The zero-order valence-corrected chi connectivity index (χ0v) is 13.7. The van der Waals surface area contributed by atoms with Crippen molar-refractivity contribution in [3.63, 3.8) is 0 Å². The van der Waals surface area contributed by atoms with Gasteiger partial charge in [-0.3, -0.25) is 4.79 Å². The molecule has 2 fully saturated rings. The fourth-order valence-corrected chi connectivity index (χ4v) is 5.14. The average molecular weight is 375 g/mol. The molecule has 2 aliphatic heterocycles. The molecule has 2 N–H and O–H groups in total. The Morgan fingerprint density at radius 2 is 1.84 bits per heavy atom. The Kier molecular flexibility index (Phi) is 3.51. The van der Waals surface area contributed by atoms with Crippen molar-refractivity contribution in [1.29, 1.82) is 0 Å².